The average Bonchev–Trinajstić information content (AvgIpc) is 2.58. The van der Waals surface area contributed by atoms with Crippen molar-refractivity contribution in [1.29, 1.82) is 0 Å². The van der Waals surface area contributed by atoms with Crippen molar-refractivity contribution >= 4 is 10.0 Å². The Balaban J connectivity index is 1.85. The molecule has 0 atom stereocenters. The number of ether oxygens (including phenoxy) is 2. The van der Waals surface area contributed by atoms with Crippen LogP contribution in [0.1, 0.15) is 26.3 Å². The second-order valence-corrected chi connectivity index (χ2v) is 8.46. The Morgan fingerprint density at radius 1 is 0.920 bits per heavy atom. The minimum atomic E-state index is -3.55. The molecule has 0 aliphatic heterocycles. The topological polar surface area (TPSA) is 64.6 Å². The van der Waals surface area contributed by atoms with E-state index in [2.05, 4.69) is 25.5 Å². The maximum absolute atomic E-state index is 12.2. The van der Waals surface area contributed by atoms with Gasteiger partial charge in [0.1, 0.15) is 18.1 Å². The third-order valence-electron chi connectivity index (χ3n) is 3.75. The van der Waals surface area contributed by atoms with Gasteiger partial charge >= 0.3 is 0 Å². The van der Waals surface area contributed by atoms with Gasteiger partial charge in [0, 0.05) is 6.54 Å². The molecule has 0 spiro atoms. The maximum atomic E-state index is 12.2. The van der Waals surface area contributed by atoms with E-state index in [1.807, 2.05) is 24.3 Å². The molecule has 0 saturated carbocycles. The third-order valence-corrected chi connectivity index (χ3v) is 5.23. The van der Waals surface area contributed by atoms with Crippen LogP contribution in [0, 0.1) is 0 Å². The first-order chi connectivity index (χ1) is 11.7. The summed E-state index contributed by atoms with van der Waals surface area (Å²) in [6.45, 7) is 6.89. The molecule has 0 aliphatic rings. The molecule has 6 heteroatoms. The first-order valence-electron chi connectivity index (χ1n) is 8.09. The van der Waals surface area contributed by atoms with Crippen molar-refractivity contribution in [1.82, 2.24) is 4.72 Å². The van der Waals surface area contributed by atoms with Crippen LogP contribution in [0.4, 0.5) is 0 Å². The Labute approximate surface area is 150 Å². The standard InChI is InChI=1S/C19H25NO4S/c1-19(2,3)15-5-7-17(8-6-15)24-14-13-20-25(21,22)18-11-9-16(23-4)10-12-18/h5-12,20H,13-14H2,1-4H3. The van der Waals surface area contributed by atoms with Gasteiger partial charge in [0.2, 0.25) is 10.0 Å². The Kier molecular flexibility index (Phi) is 6.08. The zero-order valence-electron chi connectivity index (χ0n) is 15.1. The van der Waals surface area contributed by atoms with Crippen LogP contribution in [0.3, 0.4) is 0 Å². The summed E-state index contributed by atoms with van der Waals surface area (Å²) in [7, 11) is -2.02. The smallest absolute Gasteiger partial charge is 0.240 e. The Morgan fingerprint density at radius 2 is 1.48 bits per heavy atom. The molecule has 5 nitrogen and oxygen atoms in total. The quantitative estimate of drug-likeness (QED) is 0.766. The van der Waals surface area contributed by atoms with E-state index < -0.39 is 10.0 Å². The third kappa shape index (κ3) is 5.47. The second kappa shape index (κ2) is 7.89. The molecular formula is C19H25NO4S. The zero-order valence-corrected chi connectivity index (χ0v) is 15.9. The highest BCUT2D eigenvalue weighted by Crippen LogP contribution is 2.24. The van der Waals surface area contributed by atoms with E-state index in [1.54, 1.807) is 12.1 Å². The SMILES string of the molecule is COc1ccc(S(=O)(=O)NCCOc2ccc(C(C)(C)C)cc2)cc1. The zero-order chi connectivity index (χ0) is 18.5. The normalized spacial score (nSPS) is 12.0. The molecule has 0 unspecified atom stereocenters. The molecule has 2 aromatic carbocycles. The van der Waals surface area contributed by atoms with Crippen LogP contribution in [-0.4, -0.2) is 28.7 Å². The van der Waals surface area contributed by atoms with E-state index in [9.17, 15) is 8.42 Å². The molecule has 25 heavy (non-hydrogen) atoms. The van der Waals surface area contributed by atoms with Gasteiger partial charge in [0.05, 0.1) is 12.0 Å². The van der Waals surface area contributed by atoms with Gasteiger partial charge < -0.3 is 9.47 Å². The first kappa shape index (κ1) is 19.3. The summed E-state index contributed by atoms with van der Waals surface area (Å²) in [5.74, 6) is 1.33. The van der Waals surface area contributed by atoms with Crippen molar-refractivity contribution in [2.45, 2.75) is 31.1 Å². The lowest BCUT2D eigenvalue weighted by Gasteiger charge is -2.19. The molecule has 0 heterocycles. The van der Waals surface area contributed by atoms with Gasteiger partial charge in [-0.3, -0.25) is 0 Å². The van der Waals surface area contributed by atoms with Gasteiger partial charge in [-0.2, -0.15) is 0 Å². The van der Waals surface area contributed by atoms with Crippen molar-refractivity contribution in [2.75, 3.05) is 20.3 Å². The number of hydrogen-bond donors (Lipinski definition) is 1. The van der Waals surface area contributed by atoms with E-state index in [4.69, 9.17) is 9.47 Å². The summed E-state index contributed by atoms with van der Waals surface area (Å²) >= 11 is 0. The molecule has 2 rings (SSSR count). The van der Waals surface area contributed by atoms with Gasteiger partial charge in [-0.1, -0.05) is 32.9 Å². The number of sulfonamides is 1. The molecule has 0 amide bonds. The fraction of sp³-hybridized carbons (Fsp3) is 0.368. The first-order valence-corrected chi connectivity index (χ1v) is 9.58. The average molecular weight is 363 g/mol. The lowest BCUT2D eigenvalue weighted by molar-refractivity contribution is 0.322. The number of nitrogens with one attached hydrogen (secondary N) is 1. The van der Waals surface area contributed by atoms with Gasteiger partial charge in [-0.15, -0.1) is 0 Å². The van der Waals surface area contributed by atoms with Crippen LogP contribution < -0.4 is 14.2 Å². The van der Waals surface area contributed by atoms with E-state index in [-0.39, 0.29) is 23.5 Å². The van der Waals surface area contributed by atoms with Gasteiger partial charge in [-0.05, 0) is 47.4 Å². The molecule has 0 bridgehead atoms. The maximum Gasteiger partial charge on any atom is 0.240 e. The molecule has 0 aromatic heterocycles. The van der Waals surface area contributed by atoms with Crippen molar-refractivity contribution in [3.63, 3.8) is 0 Å². The summed E-state index contributed by atoms with van der Waals surface area (Å²) in [6.07, 6.45) is 0. The van der Waals surface area contributed by atoms with Crippen molar-refractivity contribution in [3.05, 3.63) is 54.1 Å². The minimum absolute atomic E-state index is 0.0898. The number of methoxy groups -OCH3 is 1. The predicted octanol–water partition coefficient (Wildman–Crippen LogP) is 3.35. The fourth-order valence-corrected chi connectivity index (χ4v) is 3.25. The second-order valence-electron chi connectivity index (χ2n) is 6.70. The highest BCUT2D eigenvalue weighted by atomic mass is 32.2. The van der Waals surface area contributed by atoms with E-state index >= 15 is 0 Å². The van der Waals surface area contributed by atoms with Crippen molar-refractivity contribution < 1.29 is 17.9 Å². The monoisotopic (exact) mass is 363 g/mol. The van der Waals surface area contributed by atoms with Crippen molar-refractivity contribution in [3.8, 4) is 11.5 Å². The number of hydrogen-bond acceptors (Lipinski definition) is 4. The highest BCUT2D eigenvalue weighted by molar-refractivity contribution is 7.89. The summed E-state index contributed by atoms with van der Waals surface area (Å²) in [4.78, 5) is 0.197. The molecular weight excluding hydrogens is 338 g/mol. The van der Waals surface area contributed by atoms with E-state index in [0.29, 0.717) is 5.75 Å². The number of rotatable bonds is 7. The van der Waals surface area contributed by atoms with Gasteiger partial charge in [0.25, 0.3) is 0 Å². The largest absolute Gasteiger partial charge is 0.497 e. The van der Waals surface area contributed by atoms with Crippen LogP contribution in [0.15, 0.2) is 53.4 Å². The summed E-state index contributed by atoms with van der Waals surface area (Å²) in [5, 5.41) is 0. The van der Waals surface area contributed by atoms with Crippen LogP contribution >= 0.6 is 0 Å². The van der Waals surface area contributed by atoms with Crippen LogP contribution in [0.2, 0.25) is 0 Å². The Hall–Kier alpha value is -2.05. The van der Waals surface area contributed by atoms with Crippen molar-refractivity contribution in [2.24, 2.45) is 0 Å². The summed E-state index contributed by atoms with van der Waals surface area (Å²) in [5.41, 5.74) is 1.31. The molecule has 0 fully saturated rings. The summed E-state index contributed by atoms with van der Waals surface area (Å²) < 4.78 is 37.5. The van der Waals surface area contributed by atoms with Gasteiger partial charge in [0.15, 0.2) is 0 Å². The molecule has 0 saturated heterocycles. The van der Waals surface area contributed by atoms with Crippen LogP contribution in [0.25, 0.3) is 0 Å². The molecule has 2 aromatic rings. The molecule has 0 aliphatic carbocycles. The Bertz CT molecular complexity index is 776. The van der Waals surface area contributed by atoms with Gasteiger partial charge in [-0.25, -0.2) is 13.1 Å². The molecule has 0 radical (unpaired) electrons. The highest BCUT2D eigenvalue weighted by Gasteiger charge is 2.14. The van der Waals surface area contributed by atoms with Crippen LogP contribution in [-0.2, 0) is 15.4 Å². The van der Waals surface area contributed by atoms with E-state index in [1.165, 1.54) is 24.8 Å². The fourth-order valence-electron chi connectivity index (χ4n) is 2.23. The Morgan fingerprint density at radius 3 is 2.00 bits per heavy atom. The summed E-state index contributed by atoms with van der Waals surface area (Å²) in [6, 6.07) is 14.1. The minimum Gasteiger partial charge on any atom is -0.497 e. The van der Waals surface area contributed by atoms with E-state index in [0.717, 1.165) is 5.75 Å². The lowest BCUT2D eigenvalue weighted by Crippen LogP contribution is -2.28. The lowest BCUT2D eigenvalue weighted by atomic mass is 9.87. The van der Waals surface area contributed by atoms with Crippen LogP contribution in [0.5, 0.6) is 11.5 Å². The predicted molar refractivity (Wildman–Crippen MR) is 98.8 cm³/mol. The molecule has 1 N–H and O–H groups in total. The molecule has 136 valence electrons. The number of benzene rings is 2.